The molecule has 0 bridgehead atoms. The molecule has 4 saturated heterocycles. The number of aromatic nitrogens is 1. The second-order valence-corrected chi connectivity index (χ2v) is 11.4. The second kappa shape index (κ2) is 11.6. The van der Waals surface area contributed by atoms with Crippen molar-refractivity contribution in [3.8, 4) is 6.07 Å². The highest BCUT2D eigenvalue weighted by Crippen LogP contribution is 2.26. The van der Waals surface area contributed by atoms with Gasteiger partial charge in [0.2, 0.25) is 5.91 Å². The highest BCUT2D eigenvalue weighted by Gasteiger charge is 2.45. The number of carbonyl (C=O) groups is 2. The summed E-state index contributed by atoms with van der Waals surface area (Å²) in [4.78, 5) is 36.0. The molecule has 0 saturated carbocycles. The van der Waals surface area contributed by atoms with Gasteiger partial charge in [-0.15, -0.1) is 0 Å². The number of nitrogens with zero attached hydrogens (tertiary/aromatic N) is 5. The van der Waals surface area contributed by atoms with E-state index in [0.717, 1.165) is 37.4 Å². The van der Waals surface area contributed by atoms with Crippen LogP contribution in [0.3, 0.4) is 0 Å². The highest BCUT2D eigenvalue weighted by atomic mass is 16.3. The molecule has 5 rings (SSSR count). The Bertz CT molecular complexity index is 1060. The molecule has 39 heavy (non-hydrogen) atoms. The lowest BCUT2D eigenvalue weighted by molar-refractivity contribution is -0.148. The summed E-state index contributed by atoms with van der Waals surface area (Å²) in [5, 5.41) is 29.8. The van der Waals surface area contributed by atoms with E-state index in [2.05, 4.69) is 47.7 Å². The fraction of sp³-hybridized carbons (Fsp3) is 0.692. The summed E-state index contributed by atoms with van der Waals surface area (Å²) in [6.07, 6.45) is 3.98. The van der Waals surface area contributed by atoms with Gasteiger partial charge in [-0.05, 0) is 44.7 Å². The number of likely N-dealkylation sites (tertiary alicyclic amines) is 1. The molecule has 2 amide bonds. The van der Waals surface area contributed by atoms with Crippen LogP contribution in [-0.4, -0.2) is 102 Å². The molecule has 0 radical (unpaired) electrons. The smallest absolute Gasteiger partial charge is 0.254 e. The number of rotatable bonds is 6. The molecule has 4 fully saturated rings. The van der Waals surface area contributed by atoms with Gasteiger partial charge in [0.15, 0.2) is 0 Å². The average Bonchev–Trinajstić information content (AvgIpc) is 2.93. The Balaban J connectivity index is 1.21. The van der Waals surface area contributed by atoms with E-state index in [9.17, 15) is 14.7 Å². The predicted molar refractivity (Wildman–Crippen MR) is 145 cm³/mol. The summed E-state index contributed by atoms with van der Waals surface area (Å²) in [6, 6.07) is 6.17. The fourth-order valence-electron chi connectivity index (χ4n) is 5.96. The fourth-order valence-corrected chi connectivity index (χ4v) is 5.96. The monoisotopic (exact) mass is 540 g/mol. The van der Waals surface area contributed by atoms with E-state index in [1.54, 1.807) is 11.1 Å². The Morgan fingerprint density at radius 3 is 2.56 bits per heavy atom. The van der Waals surface area contributed by atoms with Gasteiger partial charge in [0, 0.05) is 58.3 Å². The van der Waals surface area contributed by atoms with Gasteiger partial charge in [0.25, 0.3) is 5.91 Å². The number of piperazine rings is 1. The van der Waals surface area contributed by atoms with Crippen molar-refractivity contribution in [2.45, 2.75) is 57.2 Å². The number of hydrazine groups is 1. The average molecular weight is 541 g/mol. The minimum atomic E-state index is -1.37. The zero-order valence-electron chi connectivity index (χ0n) is 22.7. The second-order valence-electron chi connectivity index (χ2n) is 11.4. The summed E-state index contributed by atoms with van der Waals surface area (Å²) in [6.45, 7) is 7.79. The van der Waals surface area contributed by atoms with E-state index in [-0.39, 0.29) is 36.2 Å². The van der Waals surface area contributed by atoms with Crippen molar-refractivity contribution in [1.29, 1.82) is 5.26 Å². The van der Waals surface area contributed by atoms with Gasteiger partial charge < -0.3 is 20.2 Å². The number of anilines is 2. The SMILES string of the molecule is CC(C)(O)C(=O)N1CCN(c2ccc(NC3NC(N4CCC(CC#N)CC4)NC4CNNC(=O)C43)cn2)CC1. The minimum absolute atomic E-state index is 0.0468. The Labute approximate surface area is 229 Å². The molecule has 0 aliphatic carbocycles. The topological polar surface area (TPSA) is 161 Å². The number of pyridine rings is 1. The molecule has 4 unspecified atom stereocenters. The van der Waals surface area contributed by atoms with E-state index in [1.807, 2.05) is 12.1 Å². The number of carbonyl (C=O) groups excluding carboxylic acids is 2. The quantitative estimate of drug-likeness (QED) is 0.262. The molecule has 1 aromatic rings. The molecule has 4 aliphatic rings. The first-order valence-electron chi connectivity index (χ1n) is 13.9. The maximum absolute atomic E-state index is 12.8. The number of hydrogen-bond acceptors (Lipinski definition) is 11. The van der Waals surface area contributed by atoms with Crippen molar-refractivity contribution in [3.63, 3.8) is 0 Å². The third kappa shape index (κ3) is 6.26. The van der Waals surface area contributed by atoms with Crippen LogP contribution < -0.4 is 31.7 Å². The third-order valence-electron chi connectivity index (χ3n) is 8.22. The van der Waals surface area contributed by atoms with Gasteiger partial charge in [-0.2, -0.15) is 5.26 Å². The molecule has 212 valence electrons. The largest absolute Gasteiger partial charge is 0.381 e. The summed E-state index contributed by atoms with van der Waals surface area (Å²) in [5.41, 5.74) is 5.21. The number of amides is 2. The molecular weight excluding hydrogens is 500 g/mol. The summed E-state index contributed by atoms with van der Waals surface area (Å²) in [7, 11) is 0. The Morgan fingerprint density at radius 1 is 1.18 bits per heavy atom. The van der Waals surface area contributed by atoms with Gasteiger partial charge in [-0.1, -0.05) is 0 Å². The number of aliphatic hydroxyl groups is 1. The summed E-state index contributed by atoms with van der Waals surface area (Å²) >= 11 is 0. The van der Waals surface area contributed by atoms with Crippen LogP contribution in [0.2, 0.25) is 0 Å². The van der Waals surface area contributed by atoms with Gasteiger partial charge in [-0.25, -0.2) is 10.4 Å². The van der Waals surface area contributed by atoms with Gasteiger partial charge in [0.05, 0.1) is 30.0 Å². The molecular formula is C26H40N10O3. The zero-order valence-corrected chi connectivity index (χ0v) is 22.7. The Morgan fingerprint density at radius 2 is 1.92 bits per heavy atom. The molecule has 0 spiro atoms. The zero-order chi connectivity index (χ0) is 27.6. The first kappa shape index (κ1) is 27.5. The van der Waals surface area contributed by atoms with Crippen molar-refractivity contribution >= 4 is 23.3 Å². The van der Waals surface area contributed by atoms with Crippen LogP contribution in [-0.2, 0) is 9.59 Å². The minimum Gasteiger partial charge on any atom is -0.381 e. The summed E-state index contributed by atoms with van der Waals surface area (Å²) < 4.78 is 0. The number of nitriles is 1. The molecule has 13 heteroatoms. The van der Waals surface area contributed by atoms with E-state index in [1.165, 1.54) is 13.8 Å². The van der Waals surface area contributed by atoms with Gasteiger partial charge >= 0.3 is 0 Å². The molecule has 1 aromatic heterocycles. The number of nitrogens with one attached hydrogen (secondary N) is 5. The Hall–Kier alpha value is -3.02. The predicted octanol–water partition coefficient (Wildman–Crippen LogP) is -1.04. The van der Waals surface area contributed by atoms with Crippen LogP contribution in [0.1, 0.15) is 33.1 Å². The van der Waals surface area contributed by atoms with Crippen LogP contribution in [0, 0.1) is 23.2 Å². The first-order valence-corrected chi connectivity index (χ1v) is 13.9. The summed E-state index contributed by atoms with van der Waals surface area (Å²) in [5.74, 6) is 0.630. The van der Waals surface area contributed by atoms with Crippen LogP contribution >= 0.6 is 0 Å². The molecule has 4 atom stereocenters. The van der Waals surface area contributed by atoms with E-state index < -0.39 is 5.60 Å². The third-order valence-corrected chi connectivity index (χ3v) is 8.22. The highest BCUT2D eigenvalue weighted by molar-refractivity contribution is 5.84. The first-order chi connectivity index (χ1) is 18.7. The van der Waals surface area contributed by atoms with E-state index in [4.69, 9.17) is 5.26 Å². The van der Waals surface area contributed by atoms with Crippen molar-refractivity contribution in [1.82, 2.24) is 36.3 Å². The van der Waals surface area contributed by atoms with Crippen LogP contribution in [0.15, 0.2) is 18.3 Å². The molecule has 4 aliphatic heterocycles. The van der Waals surface area contributed by atoms with Crippen LogP contribution in [0.5, 0.6) is 0 Å². The van der Waals surface area contributed by atoms with Gasteiger partial charge in [0.1, 0.15) is 17.7 Å². The Kier molecular flexibility index (Phi) is 8.20. The van der Waals surface area contributed by atoms with Crippen molar-refractivity contribution in [3.05, 3.63) is 18.3 Å². The van der Waals surface area contributed by atoms with Crippen molar-refractivity contribution in [2.75, 3.05) is 56.0 Å². The van der Waals surface area contributed by atoms with Crippen LogP contribution in [0.25, 0.3) is 0 Å². The lowest BCUT2D eigenvalue weighted by Gasteiger charge is -2.49. The molecule has 5 heterocycles. The van der Waals surface area contributed by atoms with E-state index in [0.29, 0.717) is 45.1 Å². The maximum Gasteiger partial charge on any atom is 0.254 e. The molecule has 0 aromatic carbocycles. The maximum atomic E-state index is 12.8. The standard InChI is InChI=1S/C26H40N10O3/c1-26(2,39)24(38)35-13-11-34(12-14-35)20-4-3-18(15-28-20)30-22-21-19(16-29-33-23(21)37)31-25(32-22)36-9-6-17(5-8-27)7-10-36/h3-4,15,17,19,21-22,25,29-32,39H,5-7,9-14,16H2,1-2H3,(H,33,37). The lowest BCUT2D eigenvalue weighted by atomic mass is 9.90. The van der Waals surface area contributed by atoms with Crippen LogP contribution in [0.4, 0.5) is 11.5 Å². The normalized spacial score (nSPS) is 28.8. The van der Waals surface area contributed by atoms with E-state index >= 15 is 0 Å². The molecule has 13 nitrogen and oxygen atoms in total. The lowest BCUT2D eigenvalue weighted by Crippen LogP contribution is -2.77. The van der Waals surface area contributed by atoms with Crippen molar-refractivity contribution in [2.24, 2.45) is 11.8 Å². The van der Waals surface area contributed by atoms with Crippen molar-refractivity contribution < 1.29 is 14.7 Å². The number of piperidine rings is 1. The number of fused-ring (bicyclic) bond motifs is 1. The number of hydrogen-bond donors (Lipinski definition) is 6. The molecule has 6 N–H and O–H groups in total. The van der Waals surface area contributed by atoms with Gasteiger partial charge in [-0.3, -0.25) is 30.5 Å².